The summed E-state index contributed by atoms with van der Waals surface area (Å²) in [6.07, 6.45) is 3.27. The molecule has 0 bridgehead atoms. The number of hydrogen-bond acceptors (Lipinski definition) is 3. The molecular formula is C11H14BrNO2S. The van der Waals surface area contributed by atoms with Gasteiger partial charge < -0.3 is 5.11 Å². The van der Waals surface area contributed by atoms with Crippen molar-refractivity contribution >= 4 is 33.2 Å². The van der Waals surface area contributed by atoms with Gasteiger partial charge in [-0.25, -0.2) is 0 Å². The molecule has 0 aromatic carbocycles. The highest BCUT2D eigenvalue weighted by atomic mass is 79.9. The number of thiophene rings is 1. The first kappa shape index (κ1) is 12.1. The van der Waals surface area contributed by atoms with Crippen molar-refractivity contribution in [1.82, 2.24) is 5.32 Å². The predicted molar refractivity (Wildman–Crippen MR) is 67.9 cm³/mol. The lowest BCUT2D eigenvalue weighted by Crippen LogP contribution is -2.37. The molecule has 0 fully saturated rings. The van der Waals surface area contributed by atoms with Crippen LogP contribution >= 0.6 is 27.3 Å². The molecule has 0 saturated carbocycles. The Morgan fingerprint density at radius 1 is 1.75 bits per heavy atom. The summed E-state index contributed by atoms with van der Waals surface area (Å²) in [6.45, 7) is 1.69. The molecule has 2 rings (SSSR count). The van der Waals surface area contributed by atoms with Crippen LogP contribution in [0.4, 0.5) is 0 Å². The van der Waals surface area contributed by atoms with Gasteiger partial charge in [-0.05, 0) is 53.7 Å². The summed E-state index contributed by atoms with van der Waals surface area (Å²) < 4.78 is 1.13. The summed E-state index contributed by atoms with van der Waals surface area (Å²) in [6, 6.07) is 1.82. The summed E-state index contributed by atoms with van der Waals surface area (Å²) in [7, 11) is 0. The second kappa shape index (κ2) is 4.85. The topological polar surface area (TPSA) is 49.3 Å². The van der Waals surface area contributed by atoms with Crippen LogP contribution in [-0.2, 0) is 11.2 Å². The lowest BCUT2D eigenvalue weighted by molar-refractivity contribution is -0.139. The first-order chi connectivity index (χ1) is 7.58. The van der Waals surface area contributed by atoms with E-state index in [0.29, 0.717) is 0 Å². The number of aryl methyl sites for hydroxylation is 1. The lowest BCUT2D eigenvalue weighted by atomic mass is 9.93. The molecule has 1 aliphatic carbocycles. The minimum atomic E-state index is -0.790. The molecule has 1 heterocycles. The molecule has 0 radical (unpaired) electrons. The van der Waals surface area contributed by atoms with Crippen LogP contribution in [0.2, 0.25) is 0 Å². The molecular weight excluding hydrogens is 290 g/mol. The van der Waals surface area contributed by atoms with Gasteiger partial charge in [0.05, 0.1) is 3.79 Å². The number of halogens is 1. The van der Waals surface area contributed by atoms with Gasteiger partial charge in [0.15, 0.2) is 0 Å². The average Bonchev–Trinajstić information content (AvgIpc) is 2.59. The molecule has 0 aliphatic heterocycles. The van der Waals surface area contributed by atoms with Gasteiger partial charge in [0, 0.05) is 10.9 Å². The molecule has 2 atom stereocenters. The summed E-state index contributed by atoms with van der Waals surface area (Å²) in [5.74, 6) is -0.790. The first-order valence-electron chi connectivity index (χ1n) is 5.35. The minimum Gasteiger partial charge on any atom is -0.480 e. The van der Waals surface area contributed by atoms with Crippen LogP contribution in [0.5, 0.6) is 0 Å². The molecule has 2 unspecified atom stereocenters. The number of aliphatic carboxylic acids is 1. The van der Waals surface area contributed by atoms with E-state index < -0.39 is 12.0 Å². The highest BCUT2D eigenvalue weighted by Crippen LogP contribution is 2.38. The van der Waals surface area contributed by atoms with E-state index in [1.54, 1.807) is 18.3 Å². The summed E-state index contributed by atoms with van der Waals surface area (Å²) in [4.78, 5) is 12.2. The molecule has 1 aromatic rings. The zero-order chi connectivity index (χ0) is 11.7. The number of rotatable bonds is 3. The van der Waals surface area contributed by atoms with Crippen molar-refractivity contribution in [2.45, 2.75) is 38.3 Å². The lowest BCUT2D eigenvalue weighted by Gasteiger charge is -2.25. The van der Waals surface area contributed by atoms with E-state index >= 15 is 0 Å². The summed E-state index contributed by atoms with van der Waals surface area (Å²) in [5, 5.41) is 12.1. The SMILES string of the molecule is CC(NC1CCCc2sc(Br)cc21)C(=O)O. The molecule has 1 aromatic heterocycles. The highest BCUT2D eigenvalue weighted by molar-refractivity contribution is 9.11. The first-order valence-corrected chi connectivity index (χ1v) is 6.96. The monoisotopic (exact) mass is 303 g/mol. The fraction of sp³-hybridized carbons (Fsp3) is 0.545. The van der Waals surface area contributed by atoms with Gasteiger partial charge in [-0.15, -0.1) is 11.3 Å². The van der Waals surface area contributed by atoms with Crippen LogP contribution in [0, 0.1) is 0 Å². The Bertz CT molecular complexity index is 405. The van der Waals surface area contributed by atoms with Crippen LogP contribution in [0.15, 0.2) is 9.85 Å². The van der Waals surface area contributed by atoms with Crippen molar-refractivity contribution in [3.63, 3.8) is 0 Å². The van der Waals surface area contributed by atoms with E-state index in [-0.39, 0.29) is 6.04 Å². The molecule has 0 amide bonds. The number of nitrogens with one attached hydrogen (secondary N) is 1. The predicted octanol–water partition coefficient (Wildman–Crippen LogP) is 2.95. The highest BCUT2D eigenvalue weighted by Gasteiger charge is 2.25. The summed E-state index contributed by atoms with van der Waals surface area (Å²) >= 11 is 5.25. The van der Waals surface area contributed by atoms with Crippen LogP contribution in [-0.4, -0.2) is 17.1 Å². The molecule has 2 N–H and O–H groups in total. The zero-order valence-corrected chi connectivity index (χ0v) is 11.4. The average molecular weight is 304 g/mol. The third-order valence-corrected chi connectivity index (χ3v) is 4.62. The van der Waals surface area contributed by atoms with E-state index in [2.05, 4.69) is 27.3 Å². The number of carbonyl (C=O) groups is 1. The smallest absolute Gasteiger partial charge is 0.320 e. The van der Waals surface area contributed by atoms with Gasteiger partial charge >= 0.3 is 5.97 Å². The second-order valence-electron chi connectivity index (χ2n) is 4.10. The summed E-state index contributed by atoms with van der Waals surface area (Å²) in [5.41, 5.74) is 1.27. The number of hydrogen-bond donors (Lipinski definition) is 2. The normalized spacial score (nSPS) is 21.5. The van der Waals surface area contributed by atoms with Crippen molar-refractivity contribution in [2.75, 3.05) is 0 Å². The Labute approximate surface area is 107 Å². The molecule has 3 nitrogen and oxygen atoms in total. The van der Waals surface area contributed by atoms with Crippen molar-refractivity contribution in [2.24, 2.45) is 0 Å². The van der Waals surface area contributed by atoms with E-state index in [1.165, 1.54) is 10.4 Å². The third kappa shape index (κ3) is 2.47. The number of fused-ring (bicyclic) bond motifs is 1. The van der Waals surface area contributed by atoms with Gasteiger partial charge in [0.1, 0.15) is 6.04 Å². The van der Waals surface area contributed by atoms with Gasteiger partial charge in [0.2, 0.25) is 0 Å². The van der Waals surface area contributed by atoms with Gasteiger partial charge in [0.25, 0.3) is 0 Å². The van der Waals surface area contributed by atoms with Crippen molar-refractivity contribution in [3.8, 4) is 0 Å². The van der Waals surface area contributed by atoms with Crippen LogP contribution < -0.4 is 5.32 Å². The van der Waals surface area contributed by atoms with E-state index in [4.69, 9.17) is 5.11 Å². The van der Waals surface area contributed by atoms with Crippen LogP contribution in [0.1, 0.15) is 36.2 Å². The fourth-order valence-electron chi connectivity index (χ4n) is 2.07. The number of carboxylic acid groups (broad SMARTS) is 1. The maximum atomic E-state index is 10.8. The minimum absolute atomic E-state index is 0.192. The maximum Gasteiger partial charge on any atom is 0.320 e. The molecule has 16 heavy (non-hydrogen) atoms. The Kier molecular flexibility index (Phi) is 3.66. The molecule has 1 aliphatic rings. The van der Waals surface area contributed by atoms with E-state index in [9.17, 15) is 4.79 Å². The van der Waals surface area contributed by atoms with Crippen molar-refractivity contribution < 1.29 is 9.90 Å². The molecule has 0 saturated heterocycles. The Balaban J connectivity index is 2.15. The Morgan fingerprint density at radius 2 is 2.50 bits per heavy atom. The Hall–Kier alpha value is -0.390. The quantitative estimate of drug-likeness (QED) is 0.902. The molecule has 0 spiro atoms. The zero-order valence-electron chi connectivity index (χ0n) is 9.00. The molecule has 88 valence electrons. The van der Waals surface area contributed by atoms with Gasteiger partial charge in [-0.2, -0.15) is 0 Å². The fourth-order valence-corrected chi connectivity index (χ4v) is 3.89. The second-order valence-corrected chi connectivity index (χ2v) is 6.62. The van der Waals surface area contributed by atoms with E-state index in [0.717, 1.165) is 23.0 Å². The Morgan fingerprint density at radius 3 is 3.19 bits per heavy atom. The third-order valence-electron chi connectivity index (χ3n) is 2.91. The number of carboxylic acids is 1. The van der Waals surface area contributed by atoms with Crippen LogP contribution in [0.3, 0.4) is 0 Å². The maximum absolute atomic E-state index is 10.8. The van der Waals surface area contributed by atoms with Gasteiger partial charge in [-0.1, -0.05) is 0 Å². The van der Waals surface area contributed by atoms with Gasteiger partial charge in [-0.3, -0.25) is 10.1 Å². The largest absolute Gasteiger partial charge is 0.480 e. The standard InChI is InChI=1S/C11H14BrNO2S/c1-6(11(14)15)13-8-3-2-4-9-7(8)5-10(12)16-9/h5-6,8,13H,2-4H2,1H3,(H,14,15). The van der Waals surface area contributed by atoms with Crippen molar-refractivity contribution in [1.29, 1.82) is 0 Å². The molecule has 5 heteroatoms. The van der Waals surface area contributed by atoms with Crippen molar-refractivity contribution in [3.05, 3.63) is 20.3 Å². The van der Waals surface area contributed by atoms with Crippen LogP contribution in [0.25, 0.3) is 0 Å². The van der Waals surface area contributed by atoms with E-state index in [1.807, 2.05) is 0 Å².